The Labute approximate surface area is 152 Å². The predicted molar refractivity (Wildman–Crippen MR) is 97.7 cm³/mol. The standard InChI is InChI=1S/C21H24O5/c1-13-18(24-12-19(22)25-14-6-3-2-4-7-14)11-10-16-15-8-5-9-17(15)21(23)26-20(13)16/h10-11,14H,2-9,12H2,1H3. The van der Waals surface area contributed by atoms with E-state index in [0.717, 1.165) is 67.0 Å². The van der Waals surface area contributed by atoms with Crippen molar-refractivity contribution in [3.05, 3.63) is 39.2 Å². The monoisotopic (exact) mass is 356 g/mol. The Balaban J connectivity index is 1.50. The number of esters is 1. The van der Waals surface area contributed by atoms with Crippen LogP contribution in [0.2, 0.25) is 0 Å². The van der Waals surface area contributed by atoms with Gasteiger partial charge in [-0.25, -0.2) is 9.59 Å². The molecule has 0 aliphatic heterocycles. The molecule has 0 spiro atoms. The third-order valence-electron chi connectivity index (χ3n) is 5.54. The summed E-state index contributed by atoms with van der Waals surface area (Å²) in [4.78, 5) is 24.2. The molecule has 0 atom stereocenters. The summed E-state index contributed by atoms with van der Waals surface area (Å²) in [7, 11) is 0. The first kappa shape index (κ1) is 17.1. The van der Waals surface area contributed by atoms with E-state index in [1.54, 1.807) is 0 Å². The summed E-state index contributed by atoms with van der Waals surface area (Å²) >= 11 is 0. The van der Waals surface area contributed by atoms with Crippen LogP contribution < -0.4 is 10.4 Å². The Hall–Kier alpha value is -2.30. The van der Waals surface area contributed by atoms with Crippen LogP contribution in [0, 0.1) is 6.92 Å². The first-order chi connectivity index (χ1) is 12.6. The Morgan fingerprint density at radius 1 is 1.12 bits per heavy atom. The van der Waals surface area contributed by atoms with Crippen molar-refractivity contribution >= 4 is 16.9 Å². The number of hydrogen-bond donors (Lipinski definition) is 0. The number of carbonyl (C=O) groups is 1. The minimum Gasteiger partial charge on any atom is -0.481 e. The molecule has 138 valence electrons. The molecule has 0 radical (unpaired) electrons. The Morgan fingerprint density at radius 3 is 2.69 bits per heavy atom. The van der Waals surface area contributed by atoms with Crippen LogP contribution in [0.4, 0.5) is 0 Å². The maximum absolute atomic E-state index is 12.2. The molecule has 2 aliphatic rings. The molecule has 5 heteroatoms. The minimum absolute atomic E-state index is 0.0261. The van der Waals surface area contributed by atoms with Gasteiger partial charge in [-0.2, -0.15) is 0 Å². The van der Waals surface area contributed by atoms with Gasteiger partial charge in [0, 0.05) is 16.5 Å². The van der Waals surface area contributed by atoms with Crippen LogP contribution in [-0.4, -0.2) is 18.7 Å². The van der Waals surface area contributed by atoms with E-state index in [4.69, 9.17) is 13.9 Å². The van der Waals surface area contributed by atoms with Crippen LogP contribution in [0.5, 0.6) is 5.75 Å². The van der Waals surface area contributed by atoms with Gasteiger partial charge in [0.2, 0.25) is 0 Å². The molecule has 1 aromatic heterocycles. The zero-order valence-corrected chi connectivity index (χ0v) is 15.1. The predicted octanol–water partition coefficient (Wildman–Crippen LogP) is 3.84. The third kappa shape index (κ3) is 3.22. The quantitative estimate of drug-likeness (QED) is 0.615. The number of ether oxygens (including phenoxy) is 2. The number of fused-ring (bicyclic) bond motifs is 3. The molecule has 0 saturated heterocycles. The van der Waals surface area contributed by atoms with E-state index in [0.29, 0.717) is 11.3 Å². The van der Waals surface area contributed by atoms with Gasteiger partial charge in [0.25, 0.3) is 0 Å². The molecule has 0 N–H and O–H groups in total. The van der Waals surface area contributed by atoms with Gasteiger partial charge in [-0.05, 0) is 69.6 Å². The van der Waals surface area contributed by atoms with Crippen LogP contribution >= 0.6 is 0 Å². The van der Waals surface area contributed by atoms with E-state index >= 15 is 0 Å². The molecule has 2 aromatic rings. The number of carbonyl (C=O) groups excluding carboxylic acids is 1. The van der Waals surface area contributed by atoms with Crippen molar-refractivity contribution < 1.29 is 18.7 Å². The average Bonchev–Trinajstić information content (AvgIpc) is 3.13. The van der Waals surface area contributed by atoms with Gasteiger partial charge in [-0.1, -0.05) is 6.42 Å². The van der Waals surface area contributed by atoms with E-state index in [2.05, 4.69) is 0 Å². The topological polar surface area (TPSA) is 65.7 Å². The zero-order chi connectivity index (χ0) is 18.1. The maximum atomic E-state index is 12.2. The molecule has 1 aromatic carbocycles. The second-order valence-electron chi connectivity index (χ2n) is 7.30. The highest BCUT2D eigenvalue weighted by atomic mass is 16.6. The molecule has 2 aliphatic carbocycles. The summed E-state index contributed by atoms with van der Waals surface area (Å²) in [6.07, 6.45) is 8.05. The van der Waals surface area contributed by atoms with Crippen molar-refractivity contribution in [3.8, 4) is 5.75 Å². The van der Waals surface area contributed by atoms with Crippen molar-refractivity contribution in [2.75, 3.05) is 6.61 Å². The van der Waals surface area contributed by atoms with Crippen molar-refractivity contribution in [2.45, 2.75) is 64.4 Å². The van der Waals surface area contributed by atoms with Crippen LogP contribution in [0.3, 0.4) is 0 Å². The van der Waals surface area contributed by atoms with Crippen LogP contribution in [0.15, 0.2) is 21.3 Å². The lowest BCUT2D eigenvalue weighted by Gasteiger charge is -2.21. The summed E-state index contributed by atoms with van der Waals surface area (Å²) in [5.41, 5.74) is 2.97. The van der Waals surface area contributed by atoms with Gasteiger partial charge in [-0.15, -0.1) is 0 Å². The molecular weight excluding hydrogens is 332 g/mol. The molecule has 1 saturated carbocycles. The van der Waals surface area contributed by atoms with Gasteiger partial charge in [0.05, 0.1) is 0 Å². The highest BCUT2D eigenvalue weighted by Gasteiger charge is 2.22. The number of hydrogen-bond acceptors (Lipinski definition) is 5. The smallest absolute Gasteiger partial charge is 0.344 e. The Kier molecular flexibility index (Phi) is 4.70. The summed E-state index contributed by atoms with van der Waals surface area (Å²) < 4.78 is 16.7. The van der Waals surface area contributed by atoms with E-state index in [1.165, 1.54) is 6.42 Å². The first-order valence-electron chi connectivity index (χ1n) is 9.54. The van der Waals surface area contributed by atoms with Crippen LogP contribution in [-0.2, 0) is 22.4 Å². The lowest BCUT2D eigenvalue weighted by Crippen LogP contribution is -2.24. The number of benzene rings is 1. The highest BCUT2D eigenvalue weighted by molar-refractivity contribution is 5.86. The fourth-order valence-electron chi connectivity index (χ4n) is 4.16. The van der Waals surface area contributed by atoms with Gasteiger partial charge in [0.1, 0.15) is 17.4 Å². The Morgan fingerprint density at radius 2 is 1.88 bits per heavy atom. The molecule has 4 rings (SSSR count). The lowest BCUT2D eigenvalue weighted by molar-refractivity contribution is -0.152. The van der Waals surface area contributed by atoms with Gasteiger partial charge < -0.3 is 13.9 Å². The van der Waals surface area contributed by atoms with E-state index in [1.807, 2.05) is 19.1 Å². The summed E-state index contributed by atoms with van der Waals surface area (Å²) in [6, 6.07) is 3.78. The van der Waals surface area contributed by atoms with Crippen molar-refractivity contribution in [1.29, 1.82) is 0 Å². The highest BCUT2D eigenvalue weighted by Crippen LogP contribution is 2.33. The minimum atomic E-state index is -0.341. The number of rotatable bonds is 4. The van der Waals surface area contributed by atoms with Crippen LogP contribution in [0.1, 0.15) is 55.2 Å². The Bertz CT molecular complexity index is 889. The van der Waals surface area contributed by atoms with Gasteiger partial charge in [-0.3, -0.25) is 0 Å². The maximum Gasteiger partial charge on any atom is 0.344 e. The number of aryl methyl sites for hydroxylation is 2. The second-order valence-corrected chi connectivity index (χ2v) is 7.30. The zero-order valence-electron chi connectivity index (χ0n) is 15.1. The summed E-state index contributed by atoms with van der Waals surface area (Å²) in [6.45, 7) is 1.73. The second kappa shape index (κ2) is 7.14. The van der Waals surface area contributed by atoms with Crippen LogP contribution in [0.25, 0.3) is 11.0 Å². The molecule has 1 heterocycles. The van der Waals surface area contributed by atoms with Gasteiger partial charge in [0.15, 0.2) is 6.61 Å². The summed E-state index contributed by atoms with van der Waals surface area (Å²) in [5.74, 6) is 0.214. The van der Waals surface area contributed by atoms with Gasteiger partial charge >= 0.3 is 11.6 Å². The van der Waals surface area contributed by atoms with Crippen molar-refractivity contribution in [2.24, 2.45) is 0 Å². The SMILES string of the molecule is Cc1c(OCC(=O)OC2CCCCC2)ccc2c3c(c(=O)oc12)CCC3. The van der Waals surface area contributed by atoms with E-state index < -0.39 is 0 Å². The molecular formula is C21H24O5. The molecule has 0 bridgehead atoms. The molecule has 0 unspecified atom stereocenters. The summed E-state index contributed by atoms with van der Waals surface area (Å²) in [5, 5.41) is 0.978. The first-order valence-corrected chi connectivity index (χ1v) is 9.54. The fraction of sp³-hybridized carbons (Fsp3) is 0.524. The average molecular weight is 356 g/mol. The van der Waals surface area contributed by atoms with E-state index in [9.17, 15) is 9.59 Å². The fourth-order valence-corrected chi connectivity index (χ4v) is 4.16. The molecule has 26 heavy (non-hydrogen) atoms. The molecule has 5 nitrogen and oxygen atoms in total. The molecule has 1 fully saturated rings. The van der Waals surface area contributed by atoms with Crippen molar-refractivity contribution in [3.63, 3.8) is 0 Å². The largest absolute Gasteiger partial charge is 0.481 e. The van der Waals surface area contributed by atoms with Crippen molar-refractivity contribution in [1.82, 2.24) is 0 Å². The lowest BCUT2D eigenvalue weighted by atomic mass is 9.98. The third-order valence-corrected chi connectivity index (χ3v) is 5.54. The van der Waals surface area contributed by atoms with E-state index in [-0.39, 0.29) is 24.3 Å². The normalized spacial score (nSPS) is 17.3. The molecule has 0 amide bonds.